The van der Waals surface area contributed by atoms with Crippen LogP contribution in [-0.4, -0.2) is 25.1 Å². The van der Waals surface area contributed by atoms with E-state index < -0.39 is 11.4 Å². The summed E-state index contributed by atoms with van der Waals surface area (Å²) in [5.41, 5.74) is -0.573. The molecule has 0 radical (unpaired) electrons. The highest BCUT2D eigenvalue weighted by atomic mass is 19.1. The van der Waals surface area contributed by atoms with Crippen LogP contribution in [-0.2, 0) is 16.0 Å². The molecular weight excluding hydrogens is 235 g/mol. The summed E-state index contributed by atoms with van der Waals surface area (Å²) < 4.78 is 24.1. The molecule has 0 fully saturated rings. The number of Topliss-reactive ketones (excluding diaryl/α,β-unsaturated/α-hetero) is 1. The van der Waals surface area contributed by atoms with Gasteiger partial charge in [-0.25, -0.2) is 4.39 Å². The average Bonchev–Trinajstić information content (AvgIpc) is 2.31. The number of carbonyl (C=O) groups is 1. The summed E-state index contributed by atoms with van der Waals surface area (Å²) in [5.74, 6) is -0.494. The number of ketones is 1. The van der Waals surface area contributed by atoms with Crippen LogP contribution in [0.25, 0.3) is 0 Å². The van der Waals surface area contributed by atoms with Gasteiger partial charge in [0.25, 0.3) is 0 Å². The first-order valence-corrected chi connectivity index (χ1v) is 5.91. The lowest BCUT2D eigenvalue weighted by Gasteiger charge is -2.23. The molecule has 1 rings (SSSR count). The van der Waals surface area contributed by atoms with Crippen molar-refractivity contribution in [3.05, 3.63) is 29.6 Å². The largest absolute Gasteiger partial charge is 0.494 e. The summed E-state index contributed by atoms with van der Waals surface area (Å²) in [6.07, 6.45) is -0.00394. The van der Waals surface area contributed by atoms with E-state index in [1.165, 1.54) is 13.2 Å². The smallest absolute Gasteiger partial charge is 0.168 e. The molecule has 3 nitrogen and oxygen atoms in total. The van der Waals surface area contributed by atoms with Crippen molar-refractivity contribution in [3.8, 4) is 5.75 Å². The van der Waals surface area contributed by atoms with Gasteiger partial charge in [0.05, 0.1) is 7.11 Å². The molecule has 0 bridgehead atoms. The van der Waals surface area contributed by atoms with Crippen LogP contribution in [0.5, 0.6) is 5.75 Å². The molecule has 1 aromatic rings. The van der Waals surface area contributed by atoms with Crippen molar-refractivity contribution < 1.29 is 18.7 Å². The van der Waals surface area contributed by atoms with E-state index >= 15 is 0 Å². The zero-order chi connectivity index (χ0) is 13.8. The predicted molar refractivity (Wildman–Crippen MR) is 67.4 cm³/mol. The van der Waals surface area contributed by atoms with Gasteiger partial charge in [-0.2, -0.15) is 0 Å². The molecule has 0 aliphatic heterocycles. The van der Waals surface area contributed by atoms with Crippen LogP contribution < -0.4 is 4.74 Å². The standard InChI is InChI=1S/C14H19FO3/c1-5-18-14(2,3)12(16)9-10-7-6-8-11(17-4)13(10)15/h6-8H,5,9H2,1-4H3. The van der Waals surface area contributed by atoms with E-state index in [4.69, 9.17) is 9.47 Å². The summed E-state index contributed by atoms with van der Waals surface area (Å²) in [4.78, 5) is 12.0. The first-order valence-electron chi connectivity index (χ1n) is 5.91. The van der Waals surface area contributed by atoms with Gasteiger partial charge in [0.1, 0.15) is 5.60 Å². The number of hydrogen-bond donors (Lipinski definition) is 0. The van der Waals surface area contributed by atoms with Crippen molar-refractivity contribution in [1.29, 1.82) is 0 Å². The Labute approximate surface area is 107 Å². The van der Waals surface area contributed by atoms with E-state index in [1.807, 2.05) is 6.92 Å². The van der Waals surface area contributed by atoms with Crippen LogP contribution in [0.1, 0.15) is 26.3 Å². The topological polar surface area (TPSA) is 35.5 Å². The third-order valence-electron chi connectivity index (χ3n) is 2.79. The van der Waals surface area contributed by atoms with E-state index in [0.717, 1.165) is 0 Å². The Morgan fingerprint density at radius 3 is 2.61 bits per heavy atom. The van der Waals surface area contributed by atoms with Gasteiger partial charge in [-0.1, -0.05) is 12.1 Å². The molecule has 0 saturated carbocycles. The molecule has 0 aliphatic rings. The molecule has 0 N–H and O–H groups in total. The molecule has 0 atom stereocenters. The van der Waals surface area contributed by atoms with E-state index in [9.17, 15) is 9.18 Å². The van der Waals surface area contributed by atoms with Crippen LogP contribution in [0, 0.1) is 5.82 Å². The SMILES string of the molecule is CCOC(C)(C)C(=O)Cc1cccc(OC)c1F. The molecule has 0 aliphatic carbocycles. The highest BCUT2D eigenvalue weighted by Crippen LogP contribution is 2.22. The van der Waals surface area contributed by atoms with Crippen molar-refractivity contribution in [3.63, 3.8) is 0 Å². The molecule has 0 saturated heterocycles. The molecule has 0 heterocycles. The normalized spacial score (nSPS) is 11.4. The number of methoxy groups -OCH3 is 1. The third kappa shape index (κ3) is 3.29. The maximum Gasteiger partial charge on any atom is 0.168 e. The van der Waals surface area contributed by atoms with Crippen LogP contribution in [0.3, 0.4) is 0 Å². The maximum absolute atomic E-state index is 13.9. The third-order valence-corrected chi connectivity index (χ3v) is 2.79. The van der Waals surface area contributed by atoms with Crippen LogP contribution in [0.15, 0.2) is 18.2 Å². The Morgan fingerprint density at radius 1 is 1.39 bits per heavy atom. The van der Waals surface area contributed by atoms with E-state index in [1.54, 1.807) is 26.0 Å². The monoisotopic (exact) mass is 254 g/mol. The molecule has 0 spiro atoms. The van der Waals surface area contributed by atoms with Crippen molar-refractivity contribution in [2.45, 2.75) is 32.8 Å². The summed E-state index contributed by atoms with van der Waals surface area (Å²) in [5, 5.41) is 0. The summed E-state index contributed by atoms with van der Waals surface area (Å²) in [6.45, 7) is 5.65. The number of halogens is 1. The fourth-order valence-electron chi connectivity index (χ4n) is 1.68. The lowest BCUT2D eigenvalue weighted by Crippen LogP contribution is -2.36. The zero-order valence-corrected chi connectivity index (χ0v) is 11.2. The van der Waals surface area contributed by atoms with Crippen LogP contribution >= 0.6 is 0 Å². The lowest BCUT2D eigenvalue weighted by molar-refractivity contribution is -0.139. The second-order valence-corrected chi connectivity index (χ2v) is 4.48. The summed E-state index contributed by atoms with van der Waals surface area (Å²) in [6, 6.07) is 4.77. The van der Waals surface area contributed by atoms with Crippen molar-refractivity contribution in [1.82, 2.24) is 0 Å². The lowest BCUT2D eigenvalue weighted by atomic mass is 9.96. The second-order valence-electron chi connectivity index (χ2n) is 4.48. The molecule has 4 heteroatoms. The van der Waals surface area contributed by atoms with Gasteiger partial charge in [0, 0.05) is 13.0 Å². The predicted octanol–water partition coefficient (Wildman–Crippen LogP) is 2.76. The highest BCUT2D eigenvalue weighted by molar-refractivity contribution is 5.88. The Bertz CT molecular complexity index is 427. The van der Waals surface area contributed by atoms with Gasteiger partial charge in [-0.15, -0.1) is 0 Å². The minimum absolute atomic E-state index is 0.00394. The van der Waals surface area contributed by atoms with Gasteiger partial charge < -0.3 is 9.47 Å². The fourth-order valence-corrected chi connectivity index (χ4v) is 1.68. The molecule has 0 unspecified atom stereocenters. The van der Waals surface area contributed by atoms with Crippen LogP contribution in [0.2, 0.25) is 0 Å². The van der Waals surface area contributed by atoms with Crippen molar-refractivity contribution >= 4 is 5.78 Å². The Morgan fingerprint density at radius 2 is 2.06 bits per heavy atom. The van der Waals surface area contributed by atoms with Gasteiger partial charge in [-0.3, -0.25) is 4.79 Å². The molecule has 0 aromatic heterocycles. The number of ether oxygens (including phenoxy) is 2. The number of hydrogen-bond acceptors (Lipinski definition) is 3. The average molecular weight is 254 g/mol. The Hall–Kier alpha value is -1.42. The van der Waals surface area contributed by atoms with E-state index in [-0.39, 0.29) is 18.0 Å². The highest BCUT2D eigenvalue weighted by Gasteiger charge is 2.28. The summed E-state index contributed by atoms with van der Waals surface area (Å²) in [7, 11) is 1.40. The van der Waals surface area contributed by atoms with Crippen molar-refractivity contribution in [2.24, 2.45) is 0 Å². The van der Waals surface area contributed by atoms with E-state index in [0.29, 0.717) is 12.2 Å². The molecule has 100 valence electrons. The zero-order valence-electron chi connectivity index (χ0n) is 11.2. The maximum atomic E-state index is 13.9. The fraction of sp³-hybridized carbons (Fsp3) is 0.500. The first kappa shape index (κ1) is 14.6. The quantitative estimate of drug-likeness (QED) is 0.783. The van der Waals surface area contributed by atoms with Crippen LogP contribution in [0.4, 0.5) is 4.39 Å². The second kappa shape index (κ2) is 5.96. The van der Waals surface area contributed by atoms with Gasteiger partial charge >= 0.3 is 0 Å². The minimum atomic E-state index is -0.899. The molecule has 0 amide bonds. The number of carbonyl (C=O) groups excluding carboxylic acids is 1. The molecule has 18 heavy (non-hydrogen) atoms. The van der Waals surface area contributed by atoms with Gasteiger partial charge in [-0.05, 0) is 32.4 Å². The number of rotatable bonds is 6. The molecule has 1 aromatic carbocycles. The van der Waals surface area contributed by atoms with Gasteiger partial charge in [0.2, 0.25) is 0 Å². The minimum Gasteiger partial charge on any atom is -0.494 e. The Balaban J connectivity index is 2.88. The van der Waals surface area contributed by atoms with Gasteiger partial charge in [0.15, 0.2) is 17.3 Å². The van der Waals surface area contributed by atoms with E-state index in [2.05, 4.69) is 0 Å². The first-order chi connectivity index (χ1) is 8.42. The molecular formula is C14H19FO3. The Kier molecular flexibility index (Phi) is 4.84. The van der Waals surface area contributed by atoms with Crippen molar-refractivity contribution in [2.75, 3.05) is 13.7 Å². The number of benzene rings is 1. The summed E-state index contributed by atoms with van der Waals surface area (Å²) >= 11 is 0.